The van der Waals surface area contributed by atoms with Crippen molar-refractivity contribution in [1.82, 2.24) is 19.9 Å². The van der Waals surface area contributed by atoms with Gasteiger partial charge in [-0.3, -0.25) is 4.79 Å². The maximum absolute atomic E-state index is 12.4. The zero-order valence-electron chi connectivity index (χ0n) is 15.6. The standard InChI is InChI=1S/C19H19N5O3S2/c1-11(17(25)24-16-14-15(21-9-20-14)22-10-23-16)27-18(26)12-3-5-13(6-4-12)19-28-7-2-8-29-19/h3-6,9-11,19H,2,7-8H2,1H3,(H2,20,21,22,23,24,25). The number of fused-ring (bicyclic) bond motifs is 1. The van der Waals surface area contributed by atoms with Gasteiger partial charge in [-0.25, -0.2) is 19.7 Å². The smallest absolute Gasteiger partial charge is 0.338 e. The molecule has 8 nitrogen and oxygen atoms in total. The number of aromatic amines is 1. The van der Waals surface area contributed by atoms with Crippen molar-refractivity contribution in [1.29, 1.82) is 0 Å². The molecule has 1 amide bonds. The highest BCUT2D eigenvalue weighted by molar-refractivity contribution is 8.16. The molecular formula is C19H19N5O3S2. The Morgan fingerprint density at radius 3 is 2.69 bits per heavy atom. The van der Waals surface area contributed by atoms with Crippen LogP contribution in [0.5, 0.6) is 0 Å². The van der Waals surface area contributed by atoms with E-state index >= 15 is 0 Å². The molecule has 3 heterocycles. The van der Waals surface area contributed by atoms with Crippen LogP contribution in [-0.4, -0.2) is 49.4 Å². The van der Waals surface area contributed by atoms with Crippen LogP contribution >= 0.6 is 23.5 Å². The minimum absolute atomic E-state index is 0.284. The van der Waals surface area contributed by atoms with Gasteiger partial charge in [-0.15, -0.1) is 23.5 Å². The minimum atomic E-state index is -0.987. The quantitative estimate of drug-likeness (QED) is 0.594. The highest BCUT2D eigenvalue weighted by atomic mass is 32.2. The number of carbonyl (C=O) groups is 2. The molecule has 1 atom stereocenters. The van der Waals surface area contributed by atoms with Gasteiger partial charge in [0, 0.05) is 0 Å². The number of rotatable bonds is 5. The normalized spacial score (nSPS) is 15.8. The van der Waals surface area contributed by atoms with E-state index < -0.39 is 18.0 Å². The largest absolute Gasteiger partial charge is 0.449 e. The molecular weight excluding hydrogens is 410 g/mol. The molecule has 0 aliphatic carbocycles. The lowest BCUT2D eigenvalue weighted by Gasteiger charge is -2.21. The number of carbonyl (C=O) groups excluding carboxylic acids is 2. The molecule has 2 N–H and O–H groups in total. The number of ether oxygens (including phenoxy) is 1. The fraction of sp³-hybridized carbons (Fsp3) is 0.316. The first-order valence-electron chi connectivity index (χ1n) is 9.11. The van der Waals surface area contributed by atoms with E-state index in [1.165, 1.54) is 31.6 Å². The lowest BCUT2D eigenvalue weighted by Crippen LogP contribution is -2.30. The van der Waals surface area contributed by atoms with E-state index in [0.29, 0.717) is 21.3 Å². The van der Waals surface area contributed by atoms with Crippen LogP contribution in [0.25, 0.3) is 11.2 Å². The summed E-state index contributed by atoms with van der Waals surface area (Å²) in [5, 5.41) is 2.64. The van der Waals surface area contributed by atoms with E-state index in [0.717, 1.165) is 11.5 Å². The number of esters is 1. The Morgan fingerprint density at radius 1 is 1.17 bits per heavy atom. The predicted molar refractivity (Wildman–Crippen MR) is 114 cm³/mol. The van der Waals surface area contributed by atoms with E-state index in [4.69, 9.17) is 4.74 Å². The zero-order valence-corrected chi connectivity index (χ0v) is 17.3. The Bertz CT molecular complexity index is 1020. The van der Waals surface area contributed by atoms with E-state index in [1.807, 2.05) is 35.7 Å². The highest BCUT2D eigenvalue weighted by Gasteiger charge is 2.22. The number of benzene rings is 1. The summed E-state index contributed by atoms with van der Waals surface area (Å²) >= 11 is 3.85. The molecule has 0 saturated carbocycles. The fourth-order valence-electron chi connectivity index (χ4n) is 2.82. The van der Waals surface area contributed by atoms with Crippen LogP contribution in [0, 0.1) is 0 Å². The topological polar surface area (TPSA) is 110 Å². The van der Waals surface area contributed by atoms with Gasteiger partial charge < -0.3 is 15.0 Å². The number of nitrogens with zero attached hydrogens (tertiary/aromatic N) is 3. The summed E-state index contributed by atoms with van der Waals surface area (Å²) in [5.41, 5.74) is 2.55. The van der Waals surface area contributed by atoms with E-state index in [9.17, 15) is 9.59 Å². The van der Waals surface area contributed by atoms with Crippen molar-refractivity contribution in [3.63, 3.8) is 0 Å². The second-order valence-electron chi connectivity index (χ2n) is 6.41. The average molecular weight is 430 g/mol. The van der Waals surface area contributed by atoms with Crippen LogP contribution in [0.3, 0.4) is 0 Å². The third-order valence-corrected chi connectivity index (χ3v) is 7.38. The highest BCUT2D eigenvalue weighted by Crippen LogP contribution is 2.43. The van der Waals surface area contributed by atoms with Crippen molar-refractivity contribution in [3.05, 3.63) is 48.0 Å². The number of nitrogens with one attached hydrogen (secondary N) is 2. The Kier molecular flexibility index (Phi) is 6.00. The van der Waals surface area contributed by atoms with Gasteiger partial charge in [-0.2, -0.15) is 0 Å². The van der Waals surface area contributed by atoms with Gasteiger partial charge in [0.2, 0.25) is 0 Å². The van der Waals surface area contributed by atoms with Crippen molar-refractivity contribution >= 4 is 52.4 Å². The van der Waals surface area contributed by atoms with Gasteiger partial charge in [0.25, 0.3) is 5.91 Å². The van der Waals surface area contributed by atoms with Crippen molar-refractivity contribution in [2.45, 2.75) is 24.0 Å². The molecule has 1 saturated heterocycles. The van der Waals surface area contributed by atoms with Crippen molar-refractivity contribution in [3.8, 4) is 0 Å². The number of anilines is 1. The van der Waals surface area contributed by atoms with Crippen LogP contribution in [0.15, 0.2) is 36.9 Å². The lowest BCUT2D eigenvalue weighted by molar-refractivity contribution is -0.123. The van der Waals surface area contributed by atoms with Crippen molar-refractivity contribution in [2.24, 2.45) is 0 Å². The number of aromatic nitrogens is 4. The molecule has 4 rings (SSSR count). The van der Waals surface area contributed by atoms with Gasteiger partial charge in [0.15, 0.2) is 17.6 Å². The molecule has 3 aromatic rings. The van der Waals surface area contributed by atoms with Crippen molar-refractivity contribution in [2.75, 3.05) is 16.8 Å². The van der Waals surface area contributed by atoms with Crippen LogP contribution in [0.2, 0.25) is 0 Å². The molecule has 1 unspecified atom stereocenters. The van der Waals surface area contributed by atoms with Crippen LogP contribution in [0.4, 0.5) is 5.82 Å². The molecule has 29 heavy (non-hydrogen) atoms. The number of hydrogen-bond acceptors (Lipinski definition) is 8. The van der Waals surface area contributed by atoms with Gasteiger partial charge in [0.1, 0.15) is 11.8 Å². The minimum Gasteiger partial charge on any atom is -0.449 e. The van der Waals surface area contributed by atoms with E-state index in [1.54, 1.807) is 12.1 Å². The molecule has 1 aliphatic rings. The van der Waals surface area contributed by atoms with Gasteiger partial charge in [-0.05, 0) is 42.5 Å². The number of amides is 1. The molecule has 2 aromatic heterocycles. The molecule has 0 spiro atoms. The number of H-pyrrole nitrogens is 1. The first kappa shape index (κ1) is 19.7. The molecule has 1 aromatic carbocycles. The Balaban J connectivity index is 1.37. The summed E-state index contributed by atoms with van der Waals surface area (Å²) < 4.78 is 5.73. The van der Waals surface area contributed by atoms with Crippen molar-refractivity contribution < 1.29 is 14.3 Å². The van der Waals surface area contributed by atoms with Gasteiger partial charge >= 0.3 is 5.97 Å². The molecule has 1 fully saturated rings. The monoisotopic (exact) mass is 429 g/mol. The summed E-state index contributed by atoms with van der Waals surface area (Å²) in [6.45, 7) is 1.52. The fourth-order valence-corrected chi connectivity index (χ4v) is 5.71. The first-order valence-corrected chi connectivity index (χ1v) is 11.2. The van der Waals surface area contributed by atoms with Gasteiger partial charge in [0.05, 0.1) is 16.5 Å². The summed E-state index contributed by atoms with van der Waals surface area (Å²) in [7, 11) is 0. The van der Waals surface area contributed by atoms with Crippen LogP contribution in [0.1, 0.15) is 33.8 Å². The molecule has 150 valence electrons. The summed E-state index contributed by atoms with van der Waals surface area (Å²) in [6, 6.07) is 7.40. The average Bonchev–Trinajstić information content (AvgIpc) is 3.24. The Labute approximate surface area is 175 Å². The van der Waals surface area contributed by atoms with Gasteiger partial charge in [-0.1, -0.05) is 12.1 Å². The number of imidazole rings is 1. The Hall–Kier alpha value is -2.59. The lowest BCUT2D eigenvalue weighted by atomic mass is 10.1. The third-order valence-electron chi connectivity index (χ3n) is 4.36. The third kappa shape index (κ3) is 4.54. The Morgan fingerprint density at radius 2 is 1.93 bits per heavy atom. The van der Waals surface area contributed by atoms with Crippen LogP contribution in [-0.2, 0) is 9.53 Å². The summed E-state index contributed by atoms with van der Waals surface area (Å²) in [4.78, 5) is 39.7. The number of thioether (sulfide) groups is 2. The zero-order chi connectivity index (χ0) is 20.2. The second kappa shape index (κ2) is 8.83. The maximum Gasteiger partial charge on any atom is 0.338 e. The molecule has 1 aliphatic heterocycles. The van der Waals surface area contributed by atoms with Crippen LogP contribution < -0.4 is 5.32 Å². The predicted octanol–water partition coefficient (Wildman–Crippen LogP) is 3.41. The second-order valence-corrected chi connectivity index (χ2v) is 9.13. The SMILES string of the molecule is CC(OC(=O)c1ccc(C2SCCCS2)cc1)C(=O)Nc1ncnc2nc[nH]c12. The molecule has 10 heteroatoms. The molecule has 0 bridgehead atoms. The van der Waals surface area contributed by atoms with E-state index in [2.05, 4.69) is 25.3 Å². The summed E-state index contributed by atoms with van der Waals surface area (Å²) in [6.07, 6.45) is 3.02. The molecule has 0 radical (unpaired) electrons. The maximum atomic E-state index is 12.4. The summed E-state index contributed by atoms with van der Waals surface area (Å²) in [5.74, 6) is 1.57. The first-order chi connectivity index (χ1) is 14.1. The number of hydrogen-bond donors (Lipinski definition) is 2. The van der Waals surface area contributed by atoms with E-state index in [-0.39, 0.29) is 5.82 Å².